The van der Waals surface area contributed by atoms with E-state index in [1.54, 1.807) is 7.11 Å². The summed E-state index contributed by atoms with van der Waals surface area (Å²) in [6, 6.07) is 7.67. The highest BCUT2D eigenvalue weighted by molar-refractivity contribution is 7.20. The lowest BCUT2D eigenvalue weighted by molar-refractivity contribution is 0.0954. The minimum atomic E-state index is -0.0417. The van der Waals surface area contributed by atoms with Crippen LogP contribution < -0.4 is 10.1 Å². The summed E-state index contributed by atoms with van der Waals surface area (Å²) in [6.45, 7) is 3.86. The van der Waals surface area contributed by atoms with Gasteiger partial charge in [-0.25, -0.2) is 4.98 Å². The smallest absolute Gasteiger partial charge is 0.261 e. The van der Waals surface area contributed by atoms with Crippen molar-refractivity contribution in [2.45, 2.75) is 12.8 Å². The molecule has 3 aromatic rings. The highest BCUT2D eigenvalue weighted by atomic mass is 35.5. The zero-order chi connectivity index (χ0) is 18.1. The lowest BCUT2D eigenvalue weighted by Crippen LogP contribution is -2.33. The van der Waals surface area contributed by atoms with E-state index < -0.39 is 0 Å². The van der Waals surface area contributed by atoms with Gasteiger partial charge in [0.2, 0.25) is 0 Å². The van der Waals surface area contributed by atoms with Gasteiger partial charge in [-0.05, 0) is 50.2 Å². The van der Waals surface area contributed by atoms with Crippen LogP contribution in [0, 0.1) is 0 Å². The number of carbonyl (C=O) groups is 1. The molecule has 136 valence electrons. The van der Waals surface area contributed by atoms with E-state index in [-0.39, 0.29) is 5.91 Å². The largest absolute Gasteiger partial charge is 0.495 e. The van der Waals surface area contributed by atoms with Gasteiger partial charge in [-0.3, -0.25) is 4.79 Å². The van der Waals surface area contributed by atoms with Gasteiger partial charge in [0, 0.05) is 23.9 Å². The van der Waals surface area contributed by atoms with Gasteiger partial charge in [0.1, 0.15) is 15.6 Å². The van der Waals surface area contributed by atoms with E-state index in [1.807, 2.05) is 24.3 Å². The molecule has 1 amide bonds. The summed E-state index contributed by atoms with van der Waals surface area (Å²) in [5.41, 5.74) is 0.696. The number of ether oxygens (including phenoxy) is 1. The van der Waals surface area contributed by atoms with Crippen LogP contribution in [0.3, 0.4) is 0 Å². The van der Waals surface area contributed by atoms with Crippen molar-refractivity contribution in [3.63, 3.8) is 0 Å². The quantitative estimate of drug-likeness (QED) is 0.718. The Morgan fingerprint density at radius 3 is 2.88 bits per heavy atom. The Balaban J connectivity index is 1.55. The number of hydrogen-bond donors (Lipinski definition) is 1. The van der Waals surface area contributed by atoms with Crippen LogP contribution in [0.25, 0.3) is 21.1 Å². The molecule has 26 heavy (non-hydrogen) atoms. The number of carbonyl (C=O) groups excluding carboxylic acids is 1. The predicted octanol–water partition coefficient (Wildman–Crippen LogP) is 3.94. The van der Waals surface area contributed by atoms with E-state index in [0.717, 1.165) is 35.2 Å². The summed E-state index contributed by atoms with van der Waals surface area (Å²) in [5, 5.41) is 5.40. The standard InChI is InChI=1S/C19H20ClN3O2S/c1-25-14-5-4-12-10-13-11-15(26-19(13)22-17(12)16(14)20)18(24)21-6-9-23-7-2-3-8-23/h4-5,10-11H,2-3,6-9H2,1H3,(H,21,24). The molecule has 0 bridgehead atoms. The zero-order valence-corrected chi connectivity index (χ0v) is 16.1. The SMILES string of the molecule is COc1ccc2cc3cc(C(=O)NCCN4CCCC4)sc3nc2c1Cl. The van der Waals surface area contributed by atoms with E-state index >= 15 is 0 Å². The lowest BCUT2D eigenvalue weighted by atomic mass is 10.2. The Kier molecular flexibility index (Phi) is 4.98. The number of pyridine rings is 1. The molecule has 1 saturated heterocycles. The molecule has 1 fully saturated rings. The van der Waals surface area contributed by atoms with E-state index in [0.29, 0.717) is 27.7 Å². The van der Waals surface area contributed by atoms with Crippen molar-refractivity contribution in [1.82, 2.24) is 15.2 Å². The third kappa shape index (κ3) is 3.37. The molecule has 0 spiro atoms. The average molecular weight is 390 g/mol. The number of thiophene rings is 1. The zero-order valence-electron chi connectivity index (χ0n) is 14.5. The highest BCUT2D eigenvalue weighted by Crippen LogP contribution is 2.35. The van der Waals surface area contributed by atoms with Crippen molar-refractivity contribution in [3.05, 3.63) is 34.2 Å². The minimum Gasteiger partial charge on any atom is -0.495 e. The van der Waals surface area contributed by atoms with Crippen LogP contribution in [-0.2, 0) is 0 Å². The summed E-state index contributed by atoms with van der Waals surface area (Å²) >= 11 is 7.76. The Hall–Kier alpha value is -1.89. The van der Waals surface area contributed by atoms with Crippen molar-refractivity contribution in [1.29, 1.82) is 0 Å². The molecule has 5 nitrogen and oxygen atoms in total. The lowest BCUT2D eigenvalue weighted by Gasteiger charge is -2.14. The number of nitrogens with one attached hydrogen (secondary N) is 1. The summed E-state index contributed by atoms with van der Waals surface area (Å²) in [4.78, 5) is 21.0. The molecule has 0 radical (unpaired) electrons. The molecule has 4 rings (SSSR count). The van der Waals surface area contributed by atoms with Gasteiger partial charge in [0.05, 0.1) is 17.5 Å². The van der Waals surface area contributed by atoms with E-state index in [2.05, 4.69) is 15.2 Å². The van der Waals surface area contributed by atoms with Gasteiger partial charge in [-0.1, -0.05) is 11.6 Å². The van der Waals surface area contributed by atoms with E-state index in [4.69, 9.17) is 16.3 Å². The maximum absolute atomic E-state index is 12.5. The summed E-state index contributed by atoms with van der Waals surface area (Å²) in [6.07, 6.45) is 2.52. The summed E-state index contributed by atoms with van der Waals surface area (Å²) in [5.74, 6) is 0.558. The van der Waals surface area contributed by atoms with Crippen molar-refractivity contribution >= 4 is 50.0 Å². The Labute approximate surface area is 160 Å². The average Bonchev–Trinajstić information content (AvgIpc) is 3.29. The number of fused-ring (bicyclic) bond motifs is 2. The number of amides is 1. The molecule has 1 aliphatic rings. The Morgan fingerprint density at radius 1 is 1.31 bits per heavy atom. The second-order valence-corrected chi connectivity index (χ2v) is 7.86. The van der Waals surface area contributed by atoms with Gasteiger partial charge in [0.25, 0.3) is 5.91 Å². The normalized spacial score (nSPS) is 15.0. The molecule has 0 aliphatic carbocycles. The highest BCUT2D eigenvalue weighted by Gasteiger charge is 2.15. The molecule has 3 heterocycles. The number of aromatic nitrogens is 1. The molecule has 1 aliphatic heterocycles. The number of hydrogen-bond acceptors (Lipinski definition) is 5. The number of benzene rings is 1. The number of nitrogens with zero attached hydrogens (tertiary/aromatic N) is 2. The number of halogens is 1. The molecular formula is C19H20ClN3O2S. The Bertz CT molecular complexity index is 966. The van der Waals surface area contributed by atoms with Crippen molar-refractivity contribution in [2.75, 3.05) is 33.3 Å². The number of rotatable bonds is 5. The maximum Gasteiger partial charge on any atom is 0.261 e. The van der Waals surface area contributed by atoms with Gasteiger partial charge in [0.15, 0.2) is 0 Å². The summed E-state index contributed by atoms with van der Waals surface area (Å²) < 4.78 is 5.26. The first-order valence-electron chi connectivity index (χ1n) is 8.73. The van der Waals surface area contributed by atoms with Crippen LogP contribution in [0.1, 0.15) is 22.5 Å². The molecule has 0 saturated carbocycles. The predicted molar refractivity (Wildman–Crippen MR) is 107 cm³/mol. The van der Waals surface area contributed by atoms with Crippen molar-refractivity contribution in [3.8, 4) is 5.75 Å². The van der Waals surface area contributed by atoms with Crippen molar-refractivity contribution < 1.29 is 9.53 Å². The van der Waals surface area contributed by atoms with Crippen molar-refractivity contribution in [2.24, 2.45) is 0 Å². The molecule has 2 aromatic heterocycles. The fourth-order valence-corrected chi connectivity index (χ4v) is 4.56. The topological polar surface area (TPSA) is 54.5 Å². The van der Waals surface area contributed by atoms with Crippen LogP contribution in [0.2, 0.25) is 5.02 Å². The van der Waals surface area contributed by atoms with E-state index in [9.17, 15) is 4.79 Å². The first kappa shape index (κ1) is 17.5. The maximum atomic E-state index is 12.5. The molecule has 1 N–H and O–H groups in total. The molecule has 1 aromatic carbocycles. The first-order chi connectivity index (χ1) is 12.7. The van der Waals surface area contributed by atoms with Gasteiger partial charge >= 0.3 is 0 Å². The molecule has 0 unspecified atom stereocenters. The second kappa shape index (κ2) is 7.39. The second-order valence-electron chi connectivity index (χ2n) is 6.45. The van der Waals surface area contributed by atoms with E-state index in [1.165, 1.54) is 24.2 Å². The summed E-state index contributed by atoms with van der Waals surface area (Å²) in [7, 11) is 1.58. The van der Waals surface area contributed by atoms with Crippen LogP contribution in [-0.4, -0.2) is 49.1 Å². The van der Waals surface area contributed by atoms with Crippen LogP contribution in [0.15, 0.2) is 24.3 Å². The molecular weight excluding hydrogens is 370 g/mol. The number of likely N-dealkylation sites (tertiary alicyclic amines) is 1. The fourth-order valence-electron chi connectivity index (χ4n) is 3.34. The monoisotopic (exact) mass is 389 g/mol. The van der Waals surface area contributed by atoms with Crippen LogP contribution >= 0.6 is 22.9 Å². The molecule has 7 heteroatoms. The van der Waals surface area contributed by atoms with Gasteiger partial charge in [-0.15, -0.1) is 11.3 Å². The first-order valence-corrected chi connectivity index (χ1v) is 9.92. The number of methoxy groups -OCH3 is 1. The Morgan fingerprint density at radius 2 is 2.12 bits per heavy atom. The van der Waals surface area contributed by atoms with Gasteiger partial charge < -0.3 is 15.0 Å². The van der Waals surface area contributed by atoms with Crippen LogP contribution in [0.5, 0.6) is 5.75 Å². The van der Waals surface area contributed by atoms with Crippen LogP contribution in [0.4, 0.5) is 0 Å². The third-order valence-corrected chi connectivity index (χ3v) is 6.14. The van der Waals surface area contributed by atoms with Gasteiger partial charge in [-0.2, -0.15) is 0 Å². The molecule has 0 atom stereocenters. The fraction of sp³-hybridized carbons (Fsp3) is 0.368. The minimum absolute atomic E-state index is 0.0417. The third-order valence-electron chi connectivity index (χ3n) is 4.73.